The number of nitrogens with zero attached hydrogens (tertiary/aromatic N) is 2. The molecule has 0 bridgehead atoms. The van der Waals surface area contributed by atoms with Crippen LogP contribution in [0.2, 0.25) is 0 Å². The molecule has 204 valence electrons. The minimum atomic E-state index is -0.724. The minimum Gasteiger partial charge on any atom is -0.507 e. The molecule has 1 fully saturated rings. The first-order valence-electron chi connectivity index (χ1n) is 13.1. The van der Waals surface area contributed by atoms with Gasteiger partial charge in [0.2, 0.25) is 0 Å². The summed E-state index contributed by atoms with van der Waals surface area (Å²) in [4.78, 5) is 30.1. The Balaban J connectivity index is 1.73. The molecule has 1 aliphatic rings. The molecule has 3 aromatic carbocycles. The number of aliphatic hydroxyl groups excluding tert-OH is 1. The molecule has 0 spiro atoms. The number of ketones is 1. The fourth-order valence-electron chi connectivity index (χ4n) is 4.74. The van der Waals surface area contributed by atoms with Crippen LogP contribution < -0.4 is 9.47 Å². The largest absolute Gasteiger partial charge is 0.507 e. The molecule has 7 heteroatoms. The zero-order valence-electron chi connectivity index (χ0n) is 23.2. The molecule has 4 rings (SSSR count). The molecule has 1 unspecified atom stereocenters. The molecule has 1 amide bonds. The number of amides is 1. The van der Waals surface area contributed by atoms with Gasteiger partial charge in [0.1, 0.15) is 23.9 Å². The van der Waals surface area contributed by atoms with Gasteiger partial charge in [-0.3, -0.25) is 9.59 Å². The second-order valence-electron chi connectivity index (χ2n) is 10.3. The van der Waals surface area contributed by atoms with Gasteiger partial charge >= 0.3 is 0 Å². The van der Waals surface area contributed by atoms with E-state index in [-0.39, 0.29) is 17.3 Å². The quantitative estimate of drug-likeness (QED) is 0.216. The SMILES string of the molecule is COc1ccc(/C(O)=C2/C(=O)C(=O)N(CCN(C)C)C2c2ccc(OCc3ccccc3)cc2)cc1C(C)C. The van der Waals surface area contributed by atoms with Gasteiger partial charge in [0.05, 0.1) is 18.7 Å². The number of carbonyl (C=O) groups is 2. The topological polar surface area (TPSA) is 79.3 Å². The Labute approximate surface area is 230 Å². The van der Waals surface area contributed by atoms with Crippen LogP contribution in [0.4, 0.5) is 0 Å². The summed E-state index contributed by atoms with van der Waals surface area (Å²) < 4.78 is 11.4. The van der Waals surface area contributed by atoms with Gasteiger partial charge < -0.3 is 24.4 Å². The number of likely N-dealkylation sites (tertiary alicyclic amines) is 1. The number of benzene rings is 3. The molecule has 1 aliphatic heterocycles. The molecule has 1 atom stereocenters. The lowest BCUT2D eigenvalue weighted by atomic mass is 9.93. The third kappa shape index (κ3) is 6.15. The van der Waals surface area contributed by atoms with Crippen molar-refractivity contribution in [2.75, 3.05) is 34.3 Å². The maximum Gasteiger partial charge on any atom is 0.295 e. The van der Waals surface area contributed by atoms with Crippen molar-refractivity contribution in [3.8, 4) is 11.5 Å². The van der Waals surface area contributed by atoms with Gasteiger partial charge in [0.25, 0.3) is 11.7 Å². The maximum absolute atomic E-state index is 13.4. The van der Waals surface area contributed by atoms with E-state index < -0.39 is 17.7 Å². The van der Waals surface area contributed by atoms with Gasteiger partial charge in [-0.1, -0.05) is 56.3 Å². The second kappa shape index (κ2) is 12.2. The van der Waals surface area contributed by atoms with E-state index in [9.17, 15) is 14.7 Å². The monoisotopic (exact) mass is 528 g/mol. The van der Waals surface area contributed by atoms with Crippen molar-refractivity contribution in [1.29, 1.82) is 0 Å². The van der Waals surface area contributed by atoms with Gasteiger partial charge in [0.15, 0.2) is 0 Å². The normalized spacial score (nSPS) is 16.8. The summed E-state index contributed by atoms with van der Waals surface area (Å²) in [6.07, 6.45) is 0. The van der Waals surface area contributed by atoms with Gasteiger partial charge in [-0.2, -0.15) is 0 Å². The molecule has 0 aromatic heterocycles. The highest BCUT2D eigenvalue weighted by molar-refractivity contribution is 6.46. The molecule has 3 aromatic rings. The average molecular weight is 529 g/mol. The third-order valence-electron chi connectivity index (χ3n) is 6.90. The minimum absolute atomic E-state index is 0.0802. The number of aliphatic hydroxyl groups is 1. The summed E-state index contributed by atoms with van der Waals surface area (Å²) in [5, 5.41) is 11.5. The summed E-state index contributed by atoms with van der Waals surface area (Å²) in [7, 11) is 5.43. The molecule has 7 nitrogen and oxygen atoms in total. The summed E-state index contributed by atoms with van der Waals surface area (Å²) in [6, 6.07) is 21.8. The first-order valence-corrected chi connectivity index (χ1v) is 13.1. The molecule has 0 saturated carbocycles. The van der Waals surface area contributed by atoms with Gasteiger partial charge in [-0.25, -0.2) is 0 Å². The number of hydrogen-bond donors (Lipinski definition) is 1. The number of rotatable bonds is 10. The van der Waals surface area contributed by atoms with Crippen LogP contribution >= 0.6 is 0 Å². The Bertz CT molecular complexity index is 1350. The van der Waals surface area contributed by atoms with Gasteiger partial charge in [-0.05, 0) is 67.0 Å². The van der Waals surface area contributed by atoms with Crippen LogP contribution in [-0.2, 0) is 16.2 Å². The van der Waals surface area contributed by atoms with Crippen LogP contribution in [0.5, 0.6) is 11.5 Å². The molecule has 1 saturated heterocycles. The highest BCUT2D eigenvalue weighted by Crippen LogP contribution is 2.40. The van der Waals surface area contributed by atoms with Crippen LogP contribution in [0.1, 0.15) is 48.1 Å². The number of hydrogen-bond acceptors (Lipinski definition) is 6. The molecule has 39 heavy (non-hydrogen) atoms. The number of Topliss-reactive ketones (excluding diaryl/α,β-unsaturated/α-hetero) is 1. The molecular formula is C32H36N2O5. The van der Waals surface area contributed by atoms with Crippen molar-refractivity contribution in [3.63, 3.8) is 0 Å². The number of methoxy groups -OCH3 is 1. The Hall–Kier alpha value is -4.10. The van der Waals surface area contributed by atoms with Gasteiger partial charge in [-0.15, -0.1) is 0 Å². The number of ether oxygens (including phenoxy) is 2. The lowest BCUT2D eigenvalue weighted by molar-refractivity contribution is -0.140. The van der Waals surface area contributed by atoms with Crippen LogP contribution in [0.3, 0.4) is 0 Å². The standard InChI is InChI=1S/C32H36N2O5/c1-21(2)26-19-24(13-16-27(26)38-5)30(35)28-29(34(18-17-33(3)4)32(37)31(28)36)23-11-14-25(15-12-23)39-20-22-9-7-6-8-10-22/h6-16,19,21,29,35H,17-18,20H2,1-5H3/b30-28-. The first-order chi connectivity index (χ1) is 18.7. The van der Waals surface area contributed by atoms with Crippen molar-refractivity contribution >= 4 is 17.4 Å². The predicted molar refractivity (Wildman–Crippen MR) is 152 cm³/mol. The van der Waals surface area contributed by atoms with Crippen molar-refractivity contribution in [3.05, 3.63) is 101 Å². The number of carbonyl (C=O) groups excluding carboxylic acids is 2. The highest BCUT2D eigenvalue weighted by atomic mass is 16.5. The average Bonchev–Trinajstić information content (AvgIpc) is 3.20. The van der Waals surface area contributed by atoms with E-state index in [0.717, 1.165) is 16.7 Å². The van der Waals surface area contributed by atoms with Crippen LogP contribution in [-0.4, -0.2) is 60.9 Å². The Kier molecular flexibility index (Phi) is 8.72. The maximum atomic E-state index is 13.4. The second-order valence-corrected chi connectivity index (χ2v) is 10.3. The zero-order valence-corrected chi connectivity index (χ0v) is 23.2. The van der Waals surface area contributed by atoms with E-state index in [4.69, 9.17) is 9.47 Å². The molecule has 0 radical (unpaired) electrons. The van der Waals surface area contributed by atoms with Crippen LogP contribution in [0, 0.1) is 0 Å². The Morgan fingerprint density at radius 3 is 2.31 bits per heavy atom. The first kappa shape index (κ1) is 27.9. The zero-order chi connectivity index (χ0) is 28.1. The van der Waals surface area contributed by atoms with Crippen molar-refractivity contribution in [2.24, 2.45) is 0 Å². The summed E-state index contributed by atoms with van der Waals surface area (Å²) in [5.74, 6) is 0.00210. The van der Waals surface area contributed by atoms with E-state index >= 15 is 0 Å². The van der Waals surface area contributed by atoms with Crippen molar-refractivity contribution in [1.82, 2.24) is 9.80 Å². The highest BCUT2D eigenvalue weighted by Gasteiger charge is 2.46. The third-order valence-corrected chi connectivity index (χ3v) is 6.90. The smallest absolute Gasteiger partial charge is 0.295 e. The lowest BCUT2D eigenvalue weighted by Gasteiger charge is -2.26. The molecule has 0 aliphatic carbocycles. The van der Waals surface area contributed by atoms with Crippen LogP contribution in [0.25, 0.3) is 5.76 Å². The van der Waals surface area contributed by atoms with E-state index in [1.165, 1.54) is 0 Å². The summed E-state index contributed by atoms with van der Waals surface area (Å²) in [6.45, 7) is 5.40. The Morgan fingerprint density at radius 2 is 1.69 bits per heavy atom. The molecule has 1 N–H and O–H groups in total. The van der Waals surface area contributed by atoms with E-state index in [2.05, 4.69) is 0 Å². The van der Waals surface area contributed by atoms with Gasteiger partial charge in [0, 0.05) is 18.7 Å². The fraction of sp³-hybridized carbons (Fsp3) is 0.312. The molecule has 1 heterocycles. The van der Waals surface area contributed by atoms with Crippen LogP contribution in [0.15, 0.2) is 78.4 Å². The predicted octanol–water partition coefficient (Wildman–Crippen LogP) is 5.38. The lowest BCUT2D eigenvalue weighted by Crippen LogP contribution is -2.35. The van der Waals surface area contributed by atoms with E-state index in [1.54, 1.807) is 24.1 Å². The van der Waals surface area contributed by atoms with E-state index in [1.807, 2.05) is 93.5 Å². The van der Waals surface area contributed by atoms with Crippen molar-refractivity contribution < 1.29 is 24.2 Å². The summed E-state index contributed by atoms with van der Waals surface area (Å²) in [5.41, 5.74) is 3.23. The fourth-order valence-corrected chi connectivity index (χ4v) is 4.74. The number of likely N-dealkylation sites (N-methyl/N-ethyl adjacent to an activating group) is 1. The Morgan fingerprint density at radius 1 is 1.00 bits per heavy atom. The van der Waals surface area contributed by atoms with Crippen molar-refractivity contribution in [2.45, 2.75) is 32.4 Å². The van der Waals surface area contributed by atoms with E-state index in [0.29, 0.717) is 36.8 Å². The summed E-state index contributed by atoms with van der Waals surface area (Å²) >= 11 is 0. The molecular weight excluding hydrogens is 492 g/mol.